The van der Waals surface area contributed by atoms with Crippen LogP contribution in [0, 0.1) is 0 Å². The SMILES string of the molecule is NC(=O)CSCc1ccccc1-c1csc2ccccc12. The number of carbonyl (C=O) groups is 1. The van der Waals surface area contributed by atoms with Gasteiger partial charge in [-0.05, 0) is 22.6 Å². The first-order valence-corrected chi connectivity index (χ1v) is 8.69. The maximum absolute atomic E-state index is 10.9. The summed E-state index contributed by atoms with van der Waals surface area (Å²) in [7, 11) is 0. The number of fused-ring (bicyclic) bond motifs is 1. The molecule has 0 bridgehead atoms. The maximum Gasteiger partial charge on any atom is 0.227 e. The van der Waals surface area contributed by atoms with Crippen LogP contribution in [0.5, 0.6) is 0 Å². The van der Waals surface area contributed by atoms with Gasteiger partial charge >= 0.3 is 0 Å². The highest BCUT2D eigenvalue weighted by atomic mass is 32.2. The third-order valence-corrected chi connectivity index (χ3v) is 5.26. The number of benzene rings is 2. The Morgan fingerprint density at radius 3 is 2.67 bits per heavy atom. The second-order valence-corrected chi connectivity index (χ2v) is 6.66. The summed E-state index contributed by atoms with van der Waals surface area (Å²) in [6, 6.07) is 16.8. The Morgan fingerprint density at radius 2 is 1.81 bits per heavy atom. The van der Waals surface area contributed by atoms with Gasteiger partial charge in [0, 0.05) is 21.4 Å². The Balaban J connectivity index is 1.96. The average molecular weight is 313 g/mol. The largest absolute Gasteiger partial charge is 0.369 e. The summed E-state index contributed by atoms with van der Waals surface area (Å²) >= 11 is 3.33. The van der Waals surface area contributed by atoms with E-state index in [1.165, 1.54) is 26.8 Å². The van der Waals surface area contributed by atoms with Crippen molar-refractivity contribution in [2.75, 3.05) is 5.75 Å². The van der Waals surface area contributed by atoms with Gasteiger partial charge in [-0.25, -0.2) is 0 Å². The van der Waals surface area contributed by atoms with Crippen molar-refractivity contribution >= 4 is 39.1 Å². The number of thiophene rings is 1. The lowest BCUT2D eigenvalue weighted by Gasteiger charge is -2.08. The molecule has 0 saturated carbocycles. The Labute approximate surface area is 132 Å². The van der Waals surface area contributed by atoms with Crippen LogP contribution in [0.15, 0.2) is 53.9 Å². The summed E-state index contributed by atoms with van der Waals surface area (Å²) < 4.78 is 1.30. The van der Waals surface area contributed by atoms with Crippen LogP contribution in [0.4, 0.5) is 0 Å². The number of rotatable bonds is 5. The standard InChI is InChI=1S/C17H15NOS2/c18-17(19)11-20-9-12-5-1-2-6-13(12)15-10-21-16-8-4-3-7-14(15)16/h1-8,10H,9,11H2,(H2,18,19). The highest BCUT2D eigenvalue weighted by molar-refractivity contribution is 7.99. The molecule has 1 amide bonds. The van der Waals surface area contributed by atoms with E-state index < -0.39 is 0 Å². The first-order valence-electron chi connectivity index (χ1n) is 6.66. The molecule has 0 atom stereocenters. The van der Waals surface area contributed by atoms with E-state index in [4.69, 9.17) is 5.73 Å². The molecule has 0 aliphatic rings. The molecular weight excluding hydrogens is 298 g/mol. The van der Waals surface area contributed by atoms with E-state index >= 15 is 0 Å². The minimum Gasteiger partial charge on any atom is -0.369 e. The summed E-state index contributed by atoms with van der Waals surface area (Å²) in [4.78, 5) is 10.9. The summed E-state index contributed by atoms with van der Waals surface area (Å²) in [6.07, 6.45) is 0. The fraction of sp³-hybridized carbons (Fsp3) is 0.118. The van der Waals surface area contributed by atoms with Crippen molar-refractivity contribution in [1.82, 2.24) is 0 Å². The van der Waals surface area contributed by atoms with Crippen LogP contribution in [0.2, 0.25) is 0 Å². The van der Waals surface area contributed by atoms with Crippen LogP contribution in [0.3, 0.4) is 0 Å². The van der Waals surface area contributed by atoms with E-state index in [-0.39, 0.29) is 5.91 Å². The molecular formula is C17H15NOS2. The molecule has 0 radical (unpaired) electrons. The van der Waals surface area contributed by atoms with Gasteiger partial charge in [-0.1, -0.05) is 42.5 Å². The zero-order chi connectivity index (χ0) is 14.7. The molecule has 0 unspecified atom stereocenters. The van der Waals surface area contributed by atoms with Gasteiger partial charge in [0.1, 0.15) is 0 Å². The molecule has 0 aliphatic heterocycles. The van der Waals surface area contributed by atoms with Gasteiger partial charge in [-0.2, -0.15) is 0 Å². The molecule has 0 spiro atoms. The molecule has 2 aromatic carbocycles. The molecule has 4 heteroatoms. The van der Waals surface area contributed by atoms with Gasteiger partial charge in [-0.15, -0.1) is 23.1 Å². The number of carbonyl (C=O) groups excluding carboxylic acids is 1. The molecule has 3 rings (SSSR count). The monoisotopic (exact) mass is 313 g/mol. The van der Waals surface area contributed by atoms with Gasteiger partial charge in [-0.3, -0.25) is 4.79 Å². The fourth-order valence-corrected chi connectivity index (χ4v) is 4.09. The summed E-state index contributed by atoms with van der Waals surface area (Å²) in [5.74, 6) is 0.889. The number of primary amides is 1. The third-order valence-electron chi connectivity index (χ3n) is 3.29. The summed E-state index contributed by atoms with van der Waals surface area (Å²) in [5.41, 5.74) is 8.96. The van der Waals surface area contributed by atoms with E-state index in [9.17, 15) is 4.79 Å². The van der Waals surface area contributed by atoms with Crippen molar-refractivity contribution in [3.63, 3.8) is 0 Å². The fourth-order valence-electron chi connectivity index (χ4n) is 2.36. The number of amides is 1. The van der Waals surface area contributed by atoms with Gasteiger partial charge in [0.05, 0.1) is 5.75 Å². The highest BCUT2D eigenvalue weighted by Crippen LogP contribution is 2.36. The Kier molecular flexibility index (Phi) is 4.27. The van der Waals surface area contributed by atoms with Crippen molar-refractivity contribution in [2.24, 2.45) is 5.73 Å². The molecule has 2 N–H and O–H groups in total. The Bertz CT molecular complexity index is 779. The minimum absolute atomic E-state index is 0.265. The van der Waals surface area contributed by atoms with Crippen LogP contribution < -0.4 is 5.73 Å². The predicted octanol–water partition coefficient (Wildman–Crippen LogP) is 4.29. The molecule has 3 aromatic rings. The first kappa shape index (κ1) is 14.2. The molecule has 2 nitrogen and oxygen atoms in total. The molecule has 0 aliphatic carbocycles. The summed E-state index contributed by atoms with van der Waals surface area (Å²) in [5, 5.41) is 3.50. The topological polar surface area (TPSA) is 43.1 Å². The number of thioether (sulfide) groups is 1. The molecule has 1 aromatic heterocycles. The van der Waals surface area contributed by atoms with Gasteiger partial charge in [0.25, 0.3) is 0 Å². The van der Waals surface area contributed by atoms with Crippen molar-refractivity contribution in [2.45, 2.75) is 5.75 Å². The molecule has 0 fully saturated rings. The second-order valence-electron chi connectivity index (χ2n) is 4.76. The zero-order valence-electron chi connectivity index (χ0n) is 11.4. The van der Waals surface area contributed by atoms with Crippen LogP contribution in [-0.2, 0) is 10.5 Å². The average Bonchev–Trinajstić information content (AvgIpc) is 2.91. The normalized spacial score (nSPS) is 10.9. The lowest BCUT2D eigenvalue weighted by atomic mass is 10.0. The minimum atomic E-state index is -0.265. The number of hydrogen-bond acceptors (Lipinski definition) is 3. The predicted molar refractivity (Wildman–Crippen MR) is 92.6 cm³/mol. The van der Waals surface area contributed by atoms with Gasteiger partial charge < -0.3 is 5.73 Å². The van der Waals surface area contributed by atoms with Crippen LogP contribution in [0.25, 0.3) is 21.2 Å². The number of hydrogen-bond donors (Lipinski definition) is 1. The summed E-state index contributed by atoms with van der Waals surface area (Å²) in [6.45, 7) is 0. The van der Waals surface area contributed by atoms with Crippen LogP contribution >= 0.6 is 23.1 Å². The molecule has 1 heterocycles. The molecule has 21 heavy (non-hydrogen) atoms. The van der Waals surface area contributed by atoms with Crippen molar-refractivity contribution in [3.8, 4) is 11.1 Å². The number of nitrogens with two attached hydrogens (primary N) is 1. The maximum atomic E-state index is 10.9. The van der Waals surface area contributed by atoms with E-state index in [1.54, 1.807) is 23.1 Å². The quantitative estimate of drug-likeness (QED) is 0.763. The Hall–Kier alpha value is -1.78. The van der Waals surface area contributed by atoms with E-state index in [0.717, 1.165) is 5.75 Å². The van der Waals surface area contributed by atoms with Crippen LogP contribution in [-0.4, -0.2) is 11.7 Å². The van der Waals surface area contributed by atoms with E-state index in [2.05, 4.69) is 47.8 Å². The van der Waals surface area contributed by atoms with Crippen molar-refractivity contribution in [3.05, 3.63) is 59.5 Å². The van der Waals surface area contributed by atoms with E-state index in [0.29, 0.717) is 5.75 Å². The highest BCUT2D eigenvalue weighted by Gasteiger charge is 2.10. The van der Waals surface area contributed by atoms with Gasteiger partial charge in [0.15, 0.2) is 0 Å². The molecule has 0 saturated heterocycles. The van der Waals surface area contributed by atoms with E-state index in [1.807, 2.05) is 6.07 Å². The lowest BCUT2D eigenvalue weighted by molar-refractivity contribution is -0.115. The van der Waals surface area contributed by atoms with Gasteiger partial charge in [0.2, 0.25) is 5.91 Å². The molecule has 106 valence electrons. The van der Waals surface area contributed by atoms with Crippen molar-refractivity contribution in [1.29, 1.82) is 0 Å². The van der Waals surface area contributed by atoms with Crippen molar-refractivity contribution < 1.29 is 4.79 Å². The lowest BCUT2D eigenvalue weighted by Crippen LogP contribution is -2.13. The second kappa shape index (κ2) is 6.33. The Morgan fingerprint density at radius 1 is 1.05 bits per heavy atom. The zero-order valence-corrected chi connectivity index (χ0v) is 13.0. The van der Waals surface area contributed by atoms with Crippen LogP contribution in [0.1, 0.15) is 5.56 Å². The first-order chi connectivity index (χ1) is 10.3. The smallest absolute Gasteiger partial charge is 0.227 e. The third kappa shape index (κ3) is 3.12.